The van der Waals surface area contributed by atoms with Gasteiger partial charge in [0.2, 0.25) is 10.0 Å². The maximum atomic E-state index is 14.7. The standard InChI is InChI=1S/C36H33F2N3O4S/c1-25-34(40-46(2,43)44)9-6-10-35(25)41(24-29-13-16-30(37)21-33(29)38)23-27-11-17-31(18-12-27)45-32-19-14-28(15-20-32)36(42)39-22-26-7-4-3-5-8-26/h3-21,40H,22-24H2,1-2H3,(H,39,42). The molecule has 236 valence electrons. The lowest BCUT2D eigenvalue weighted by Crippen LogP contribution is -2.24. The molecule has 7 nitrogen and oxygen atoms in total. The lowest BCUT2D eigenvalue weighted by Gasteiger charge is -2.28. The van der Waals surface area contributed by atoms with E-state index in [0.717, 1.165) is 23.4 Å². The molecule has 46 heavy (non-hydrogen) atoms. The van der Waals surface area contributed by atoms with Crippen LogP contribution in [0.4, 0.5) is 20.2 Å². The van der Waals surface area contributed by atoms with Crippen LogP contribution in [0.2, 0.25) is 0 Å². The zero-order valence-corrected chi connectivity index (χ0v) is 26.2. The summed E-state index contributed by atoms with van der Waals surface area (Å²) < 4.78 is 60.7. The highest BCUT2D eigenvalue weighted by Gasteiger charge is 2.17. The molecule has 0 atom stereocenters. The van der Waals surface area contributed by atoms with E-state index in [1.807, 2.05) is 53.4 Å². The van der Waals surface area contributed by atoms with E-state index >= 15 is 0 Å². The molecule has 5 aromatic carbocycles. The van der Waals surface area contributed by atoms with E-state index in [0.29, 0.717) is 52.7 Å². The third kappa shape index (κ3) is 8.70. The Labute approximate surface area is 267 Å². The first kappa shape index (κ1) is 32.2. The van der Waals surface area contributed by atoms with Crippen LogP contribution >= 0.6 is 0 Å². The Morgan fingerprint density at radius 3 is 2.11 bits per heavy atom. The monoisotopic (exact) mass is 641 g/mol. The molecule has 10 heteroatoms. The quantitative estimate of drug-likeness (QED) is 0.147. The number of nitrogens with zero attached hydrogens (tertiary/aromatic N) is 1. The number of halogens is 2. The van der Waals surface area contributed by atoms with Crippen molar-refractivity contribution in [1.29, 1.82) is 0 Å². The number of rotatable bonds is 12. The van der Waals surface area contributed by atoms with Gasteiger partial charge in [-0.15, -0.1) is 0 Å². The van der Waals surface area contributed by atoms with Crippen LogP contribution in [0.25, 0.3) is 0 Å². The van der Waals surface area contributed by atoms with Gasteiger partial charge in [-0.25, -0.2) is 17.2 Å². The Balaban J connectivity index is 1.29. The van der Waals surface area contributed by atoms with Gasteiger partial charge in [-0.3, -0.25) is 9.52 Å². The molecule has 0 spiro atoms. The van der Waals surface area contributed by atoms with E-state index in [9.17, 15) is 22.0 Å². The molecule has 5 rings (SSSR count). The van der Waals surface area contributed by atoms with E-state index in [-0.39, 0.29) is 12.5 Å². The van der Waals surface area contributed by atoms with Gasteiger partial charge in [0.05, 0.1) is 11.9 Å². The fourth-order valence-corrected chi connectivity index (χ4v) is 5.55. The molecule has 5 aromatic rings. The molecule has 0 aliphatic heterocycles. The molecule has 0 heterocycles. The minimum absolute atomic E-state index is 0.110. The normalized spacial score (nSPS) is 11.1. The van der Waals surface area contributed by atoms with Gasteiger partial charge in [-0.2, -0.15) is 0 Å². The van der Waals surface area contributed by atoms with Crippen LogP contribution in [0, 0.1) is 18.6 Å². The average molecular weight is 642 g/mol. The summed E-state index contributed by atoms with van der Waals surface area (Å²) in [4.78, 5) is 14.4. The second kappa shape index (κ2) is 14.3. The largest absolute Gasteiger partial charge is 0.457 e. The number of amides is 1. The van der Waals surface area contributed by atoms with E-state index < -0.39 is 21.7 Å². The first-order chi connectivity index (χ1) is 22.0. The summed E-state index contributed by atoms with van der Waals surface area (Å²) in [5.74, 6) is -0.377. The molecular formula is C36H33F2N3O4S. The molecule has 0 unspecified atom stereocenters. The molecule has 0 bridgehead atoms. The van der Waals surface area contributed by atoms with Crippen LogP contribution in [0.1, 0.15) is 32.6 Å². The molecule has 2 N–H and O–H groups in total. The van der Waals surface area contributed by atoms with Gasteiger partial charge >= 0.3 is 0 Å². The molecule has 0 fully saturated rings. The minimum atomic E-state index is -3.53. The number of ether oxygens (including phenoxy) is 1. The zero-order valence-electron chi connectivity index (χ0n) is 25.3. The molecule has 0 radical (unpaired) electrons. The van der Waals surface area contributed by atoms with Crippen LogP contribution in [-0.4, -0.2) is 20.6 Å². The Morgan fingerprint density at radius 1 is 0.783 bits per heavy atom. The average Bonchev–Trinajstić information content (AvgIpc) is 3.03. The maximum absolute atomic E-state index is 14.7. The Kier molecular flexibility index (Phi) is 9.97. The SMILES string of the molecule is Cc1c(NS(C)(=O)=O)cccc1N(Cc1ccc(Oc2ccc(C(=O)NCc3ccccc3)cc2)cc1)Cc1ccc(F)cc1F. The number of carbonyl (C=O) groups excluding carboxylic acids is 1. The van der Waals surface area contributed by atoms with Gasteiger partial charge in [0.15, 0.2) is 0 Å². The number of hydrogen-bond donors (Lipinski definition) is 2. The highest BCUT2D eigenvalue weighted by molar-refractivity contribution is 7.92. The fraction of sp³-hybridized carbons (Fsp3) is 0.139. The summed E-state index contributed by atoms with van der Waals surface area (Å²) >= 11 is 0. The van der Waals surface area contributed by atoms with E-state index in [4.69, 9.17) is 4.74 Å². The van der Waals surface area contributed by atoms with Crippen LogP contribution < -0.4 is 19.7 Å². The van der Waals surface area contributed by atoms with Crippen molar-refractivity contribution in [3.05, 3.63) is 155 Å². The first-order valence-electron chi connectivity index (χ1n) is 14.5. The van der Waals surface area contributed by atoms with Gasteiger partial charge in [0.1, 0.15) is 23.1 Å². The summed E-state index contributed by atoms with van der Waals surface area (Å²) in [7, 11) is -3.53. The zero-order chi connectivity index (χ0) is 32.7. The van der Waals surface area contributed by atoms with Crippen LogP contribution in [-0.2, 0) is 29.7 Å². The number of hydrogen-bond acceptors (Lipinski definition) is 5. The topological polar surface area (TPSA) is 87.7 Å². The number of anilines is 2. The minimum Gasteiger partial charge on any atom is -0.457 e. The van der Waals surface area contributed by atoms with Crippen LogP contribution in [0.3, 0.4) is 0 Å². The molecule has 1 amide bonds. The highest BCUT2D eigenvalue weighted by Crippen LogP contribution is 2.31. The Hall–Kier alpha value is -5.22. The second-order valence-electron chi connectivity index (χ2n) is 10.9. The van der Waals surface area contributed by atoms with Gasteiger partial charge in [-0.1, -0.05) is 54.6 Å². The molecule has 0 aliphatic rings. The summed E-state index contributed by atoms with van der Waals surface area (Å²) in [6.45, 7) is 2.67. The van der Waals surface area contributed by atoms with Crippen molar-refractivity contribution in [2.24, 2.45) is 0 Å². The van der Waals surface area contributed by atoms with Crippen LogP contribution in [0.5, 0.6) is 11.5 Å². The van der Waals surface area contributed by atoms with Crippen molar-refractivity contribution >= 4 is 27.3 Å². The van der Waals surface area contributed by atoms with Crippen LogP contribution in [0.15, 0.2) is 115 Å². The molecule has 0 aromatic heterocycles. The summed E-state index contributed by atoms with van der Waals surface area (Å²) in [6.07, 6.45) is 1.08. The molecule has 0 aliphatic carbocycles. The molecule has 0 saturated heterocycles. The molecule has 0 saturated carbocycles. The number of nitrogens with one attached hydrogen (secondary N) is 2. The van der Waals surface area contributed by atoms with Crippen molar-refractivity contribution in [2.75, 3.05) is 15.9 Å². The lowest BCUT2D eigenvalue weighted by atomic mass is 10.1. The van der Waals surface area contributed by atoms with Gasteiger partial charge in [0.25, 0.3) is 5.91 Å². The third-order valence-electron chi connectivity index (χ3n) is 7.26. The van der Waals surface area contributed by atoms with Crippen molar-refractivity contribution in [3.8, 4) is 11.5 Å². The fourth-order valence-electron chi connectivity index (χ4n) is 4.93. The second-order valence-corrected chi connectivity index (χ2v) is 12.6. The molecular weight excluding hydrogens is 608 g/mol. The Bertz CT molecular complexity index is 1920. The first-order valence-corrected chi connectivity index (χ1v) is 16.4. The Morgan fingerprint density at radius 2 is 1.46 bits per heavy atom. The van der Waals surface area contributed by atoms with Crippen molar-refractivity contribution in [3.63, 3.8) is 0 Å². The maximum Gasteiger partial charge on any atom is 0.251 e. The van der Waals surface area contributed by atoms with E-state index in [2.05, 4.69) is 10.0 Å². The highest BCUT2D eigenvalue weighted by atomic mass is 32.2. The van der Waals surface area contributed by atoms with Gasteiger partial charge < -0.3 is 15.0 Å². The summed E-state index contributed by atoms with van der Waals surface area (Å²) in [6, 6.07) is 32.6. The predicted molar refractivity (Wildman–Crippen MR) is 176 cm³/mol. The van der Waals surface area contributed by atoms with E-state index in [1.165, 1.54) is 12.1 Å². The summed E-state index contributed by atoms with van der Waals surface area (Å²) in [5.41, 5.74) is 4.45. The van der Waals surface area contributed by atoms with Gasteiger partial charge in [-0.05, 0) is 78.2 Å². The van der Waals surface area contributed by atoms with Crippen molar-refractivity contribution < 1.29 is 26.7 Å². The van der Waals surface area contributed by atoms with Crippen molar-refractivity contribution in [1.82, 2.24) is 5.32 Å². The smallest absolute Gasteiger partial charge is 0.251 e. The van der Waals surface area contributed by atoms with Crippen molar-refractivity contribution in [2.45, 2.75) is 26.6 Å². The third-order valence-corrected chi connectivity index (χ3v) is 7.85. The number of carbonyl (C=O) groups is 1. The van der Waals surface area contributed by atoms with Gasteiger partial charge in [0, 0.05) is 42.5 Å². The predicted octanol–water partition coefficient (Wildman–Crippen LogP) is 7.57. The number of sulfonamides is 1. The lowest BCUT2D eigenvalue weighted by molar-refractivity contribution is 0.0951. The van der Waals surface area contributed by atoms with E-state index in [1.54, 1.807) is 55.5 Å². The summed E-state index contributed by atoms with van der Waals surface area (Å²) in [5, 5.41) is 2.90. The number of benzene rings is 5.